The van der Waals surface area contributed by atoms with Gasteiger partial charge in [-0.1, -0.05) is 42.5 Å². The lowest BCUT2D eigenvalue weighted by Crippen LogP contribution is -1.98. The molecule has 2 rings (SSSR count). The molecule has 0 aliphatic rings. The van der Waals surface area contributed by atoms with Gasteiger partial charge in [0.25, 0.3) is 0 Å². The van der Waals surface area contributed by atoms with E-state index in [2.05, 4.69) is 0 Å². The zero-order valence-electron chi connectivity index (χ0n) is 10.0. The van der Waals surface area contributed by atoms with E-state index in [-0.39, 0.29) is 0 Å². The molecular formula is C14H14O2S2. The Morgan fingerprint density at radius 1 is 0.944 bits per heavy atom. The maximum Gasteiger partial charge on any atom is 0.176 e. The fourth-order valence-electron chi connectivity index (χ4n) is 1.61. The Kier molecular flexibility index (Phi) is 4.09. The lowest BCUT2D eigenvalue weighted by molar-refractivity contribution is 0.600. The van der Waals surface area contributed by atoms with Crippen molar-refractivity contribution in [3.63, 3.8) is 0 Å². The van der Waals surface area contributed by atoms with Crippen molar-refractivity contribution in [2.75, 3.05) is 6.26 Å². The largest absolute Gasteiger partial charge is 0.224 e. The van der Waals surface area contributed by atoms with Gasteiger partial charge in [-0.3, -0.25) is 0 Å². The van der Waals surface area contributed by atoms with Crippen molar-refractivity contribution in [2.45, 2.75) is 15.5 Å². The van der Waals surface area contributed by atoms with E-state index in [1.165, 1.54) is 11.8 Å². The third kappa shape index (κ3) is 3.37. The Hall–Kier alpha value is -1.26. The second kappa shape index (κ2) is 5.59. The monoisotopic (exact) mass is 278 g/mol. The second-order valence-electron chi connectivity index (χ2n) is 3.99. The SMILES string of the molecule is CS(=O)(=O)c1ccccc1SCc1ccccc1. The molecule has 0 radical (unpaired) electrons. The van der Waals surface area contributed by atoms with Crippen LogP contribution >= 0.6 is 11.8 Å². The zero-order valence-corrected chi connectivity index (χ0v) is 11.7. The quantitative estimate of drug-likeness (QED) is 0.804. The average molecular weight is 278 g/mol. The standard InChI is InChI=1S/C14H14O2S2/c1-18(15,16)14-10-6-5-9-13(14)17-11-12-7-3-2-4-8-12/h2-10H,11H2,1H3. The van der Waals surface area contributed by atoms with Gasteiger partial charge >= 0.3 is 0 Å². The predicted molar refractivity (Wildman–Crippen MR) is 75.6 cm³/mol. The van der Waals surface area contributed by atoms with Gasteiger partial charge in [0.1, 0.15) is 0 Å². The van der Waals surface area contributed by atoms with Crippen LogP contribution in [0.2, 0.25) is 0 Å². The van der Waals surface area contributed by atoms with E-state index in [1.54, 1.807) is 23.9 Å². The van der Waals surface area contributed by atoms with Gasteiger partial charge in [0.15, 0.2) is 9.84 Å². The summed E-state index contributed by atoms with van der Waals surface area (Å²) < 4.78 is 23.3. The molecule has 0 fully saturated rings. The first kappa shape index (κ1) is 13.2. The molecule has 2 nitrogen and oxygen atoms in total. The number of benzene rings is 2. The second-order valence-corrected chi connectivity index (χ2v) is 6.99. The van der Waals surface area contributed by atoms with Crippen LogP contribution in [0.3, 0.4) is 0 Å². The molecule has 0 unspecified atom stereocenters. The fourth-order valence-corrected chi connectivity index (χ4v) is 3.90. The Morgan fingerprint density at radius 2 is 1.56 bits per heavy atom. The maximum absolute atomic E-state index is 11.7. The molecule has 94 valence electrons. The highest BCUT2D eigenvalue weighted by molar-refractivity contribution is 7.99. The summed E-state index contributed by atoms with van der Waals surface area (Å²) in [5, 5.41) is 0. The van der Waals surface area contributed by atoms with Crippen molar-refractivity contribution >= 4 is 21.6 Å². The van der Waals surface area contributed by atoms with Gasteiger partial charge < -0.3 is 0 Å². The molecule has 0 atom stereocenters. The van der Waals surface area contributed by atoms with Crippen LogP contribution in [0.25, 0.3) is 0 Å². The molecule has 0 aliphatic carbocycles. The summed E-state index contributed by atoms with van der Waals surface area (Å²) in [7, 11) is -3.16. The summed E-state index contributed by atoms with van der Waals surface area (Å²) in [6.45, 7) is 0. The molecule has 0 N–H and O–H groups in total. The lowest BCUT2D eigenvalue weighted by atomic mass is 10.2. The highest BCUT2D eigenvalue weighted by Crippen LogP contribution is 2.28. The normalized spacial score (nSPS) is 11.4. The summed E-state index contributed by atoms with van der Waals surface area (Å²) in [5.74, 6) is 0.771. The number of hydrogen-bond acceptors (Lipinski definition) is 3. The van der Waals surface area contributed by atoms with Crippen molar-refractivity contribution in [3.05, 3.63) is 60.2 Å². The van der Waals surface area contributed by atoms with Gasteiger partial charge in [-0.05, 0) is 17.7 Å². The van der Waals surface area contributed by atoms with Crippen LogP contribution in [-0.4, -0.2) is 14.7 Å². The summed E-state index contributed by atoms with van der Waals surface area (Å²) in [6, 6.07) is 17.1. The van der Waals surface area contributed by atoms with Crippen molar-refractivity contribution in [2.24, 2.45) is 0 Å². The summed E-state index contributed by atoms with van der Waals surface area (Å²) in [4.78, 5) is 1.22. The Bertz CT molecular complexity index is 619. The highest BCUT2D eigenvalue weighted by Gasteiger charge is 2.12. The molecule has 18 heavy (non-hydrogen) atoms. The predicted octanol–water partition coefficient (Wildman–Crippen LogP) is 3.38. The molecule has 0 spiro atoms. The van der Waals surface area contributed by atoms with E-state index in [0.29, 0.717) is 4.90 Å². The van der Waals surface area contributed by atoms with Crippen molar-refractivity contribution in [3.8, 4) is 0 Å². The molecule has 0 saturated heterocycles. The van der Waals surface area contributed by atoms with E-state index in [4.69, 9.17) is 0 Å². The Balaban J connectivity index is 2.20. The zero-order chi connectivity index (χ0) is 13.0. The number of sulfone groups is 1. The van der Waals surface area contributed by atoms with E-state index >= 15 is 0 Å². The number of thioether (sulfide) groups is 1. The Labute approximate surface area is 112 Å². The molecule has 0 saturated carbocycles. The molecule has 0 heterocycles. The van der Waals surface area contributed by atoms with Crippen LogP contribution in [0.5, 0.6) is 0 Å². The van der Waals surface area contributed by atoms with Crippen molar-refractivity contribution < 1.29 is 8.42 Å². The average Bonchev–Trinajstić information content (AvgIpc) is 2.37. The van der Waals surface area contributed by atoms with Gasteiger partial charge in [-0.15, -0.1) is 11.8 Å². The van der Waals surface area contributed by atoms with Crippen molar-refractivity contribution in [1.29, 1.82) is 0 Å². The molecule has 4 heteroatoms. The molecule has 2 aromatic rings. The molecule has 2 aromatic carbocycles. The minimum atomic E-state index is -3.16. The maximum atomic E-state index is 11.7. The van der Waals surface area contributed by atoms with Crippen LogP contribution in [-0.2, 0) is 15.6 Å². The van der Waals surface area contributed by atoms with Crippen molar-refractivity contribution in [1.82, 2.24) is 0 Å². The first-order valence-corrected chi connectivity index (χ1v) is 8.41. The van der Waals surface area contributed by atoms with Crippen LogP contribution < -0.4 is 0 Å². The molecule has 0 aliphatic heterocycles. The van der Waals surface area contributed by atoms with Crippen LogP contribution in [0.1, 0.15) is 5.56 Å². The molecule has 0 amide bonds. The Morgan fingerprint density at radius 3 is 2.22 bits per heavy atom. The first-order valence-electron chi connectivity index (χ1n) is 5.53. The van der Waals surface area contributed by atoms with E-state index < -0.39 is 9.84 Å². The van der Waals surface area contributed by atoms with Gasteiger partial charge in [-0.25, -0.2) is 8.42 Å². The van der Waals surface area contributed by atoms with Crippen LogP contribution in [0.15, 0.2) is 64.4 Å². The van der Waals surface area contributed by atoms with E-state index in [0.717, 1.165) is 10.6 Å². The van der Waals surface area contributed by atoms with E-state index in [9.17, 15) is 8.42 Å². The topological polar surface area (TPSA) is 34.1 Å². The van der Waals surface area contributed by atoms with Gasteiger partial charge in [0.2, 0.25) is 0 Å². The number of hydrogen-bond donors (Lipinski definition) is 0. The van der Waals surface area contributed by atoms with Gasteiger partial charge in [0, 0.05) is 16.9 Å². The summed E-state index contributed by atoms with van der Waals surface area (Å²) in [6.07, 6.45) is 1.24. The number of rotatable bonds is 4. The minimum Gasteiger partial charge on any atom is -0.224 e. The van der Waals surface area contributed by atoms with Gasteiger partial charge in [-0.2, -0.15) is 0 Å². The lowest BCUT2D eigenvalue weighted by Gasteiger charge is -2.07. The third-order valence-corrected chi connectivity index (χ3v) is 4.91. The summed E-state index contributed by atoms with van der Waals surface area (Å²) in [5.41, 5.74) is 1.19. The molecular weight excluding hydrogens is 264 g/mol. The smallest absolute Gasteiger partial charge is 0.176 e. The van der Waals surface area contributed by atoms with Crippen LogP contribution in [0, 0.1) is 0 Å². The fraction of sp³-hybridized carbons (Fsp3) is 0.143. The highest BCUT2D eigenvalue weighted by atomic mass is 32.2. The van der Waals surface area contributed by atoms with Crippen LogP contribution in [0.4, 0.5) is 0 Å². The summed E-state index contributed by atoms with van der Waals surface area (Å²) >= 11 is 1.55. The van der Waals surface area contributed by atoms with Gasteiger partial charge in [0.05, 0.1) is 4.90 Å². The molecule has 0 aromatic heterocycles. The van der Waals surface area contributed by atoms with E-state index in [1.807, 2.05) is 42.5 Å². The third-order valence-electron chi connectivity index (χ3n) is 2.49. The minimum absolute atomic E-state index is 0.408. The first-order chi connectivity index (χ1) is 8.57. The molecule has 0 bridgehead atoms.